The number of aromatic nitrogens is 2. The van der Waals surface area contributed by atoms with Gasteiger partial charge < -0.3 is 5.92 Å². The van der Waals surface area contributed by atoms with Crippen LogP contribution in [0, 0.1) is 0 Å². The summed E-state index contributed by atoms with van der Waals surface area (Å²) in [4.78, 5) is 18.1. The molecule has 0 atom stereocenters. The van der Waals surface area contributed by atoms with Crippen molar-refractivity contribution in [3.05, 3.63) is 24.3 Å². The molecule has 1 aromatic rings. The topological polar surface area (TPSA) is 52.1 Å². The molecule has 56 valence electrons. The molecule has 0 bridgehead atoms. The number of hydrogen-bond acceptors (Lipinski definition) is 4. The molecule has 0 fully saturated rings. The Morgan fingerprint density at radius 2 is 2.36 bits per heavy atom. The van der Waals surface area contributed by atoms with Crippen LogP contribution in [0.15, 0.2) is 18.6 Å². The van der Waals surface area contributed by atoms with E-state index < -0.39 is 5.97 Å². The van der Waals surface area contributed by atoms with Crippen LogP contribution in [0.3, 0.4) is 0 Å². The first-order valence-corrected chi connectivity index (χ1v) is 3.31. The van der Waals surface area contributed by atoms with Gasteiger partial charge in [0.15, 0.2) is 28.7 Å². The van der Waals surface area contributed by atoms with Crippen LogP contribution in [0.2, 0.25) is 0 Å². The van der Waals surface area contributed by atoms with E-state index in [0.717, 1.165) is 0 Å². The molecule has 0 saturated heterocycles. The zero-order chi connectivity index (χ0) is 7.40. The summed E-state index contributed by atoms with van der Waals surface area (Å²) >= 11 is 1.50. The molecule has 11 heavy (non-hydrogen) atoms. The van der Waals surface area contributed by atoms with Crippen LogP contribution in [-0.2, 0) is 3.07 Å². The van der Waals surface area contributed by atoms with Gasteiger partial charge in [-0.15, -0.1) is 0 Å². The van der Waals surface area contributed by atoms with Crippen LogP contribution in [0.5, 0.6) is 0 Å². The maximum atomic E-state index is 10.7. The first kappa shape index (κ1) is 11.5. The quantitative estimate of drug-likeness (QED) is 0.568. The van der Waals surface area contributed by atoms with E-state index in [1.54, 1.807) is 0 Å². The van der Waals surface area contributed by atoms with Crippen molar-refractivity contribution in [2.75, 3.05) is 0 Å². The van der Waals surface area contributed by atoms with E-state index >= 15 is 0 Å². The second-order valence-electron chi connectivity index (χ2n) is 1.46. The molecule has 0 aliphatic rings. The Hall–Kier alpha value is 0.540. The van der Waals surface area contributed by atoms with Crippen LogP contribution < -0.4 is 0 Å². The van der Waals surface area contributed by atoms with Crippen molar-refractivity contribution >= 4 is 66.7 Å². The van der Waals surface area contributed by atoms with Gasteiger partial charge in [0, 0.05) is 12.4 Å². The zero-order valence-electron chi connectivity index (χ0n) is 7.53. The minimum absolute atomic E-state index is 0. The van der Waals surface area contributed by atoms with E-state index in [4.69, 9.17) is 0 Å². The van der Waals surface area contributed by atoms with Gasteiger partial charge in [-0.2, -0.15) is 0 Å². The Morgan fingerprint density at radius 1 is 1.64 bits per heavy atom. The molecule has 0 radical (unpaired) electrons. The van der Waals surface area contributed by atoms with Crippen molar-refractivity contribution < 1.29 is 10.7 Å². The Bertz CT molecular complexity index is 239. The van der Waals surface area contributed by atoms with Crippen LogP contribution >= 0.6 is 23.0 Å². The Labute approximate surface area is 110 Å². The predicted molar refractivity (Wildman–Crippen MR) is 49.4 cm³/mol. The minimum Gasteiger partial charge on any atom is -1.00 e. The summed E-state index contributed by atoms with van der Waals surface area (Å²) in [6.07, 6.45) is 4.27. The molecule has 1 rings (SSSR count). The summed E-state index contributed by atoms with van der Waals surface area (Å²) in [7, 11) is 0. The molecular weight excluding hydrogens is 287 g/mol. The molecule has 1 aromatic heterocycles. The molecule has 0 aliphatic heterocycles. The first-order valence-electron chi connectivity index (χ1n) is 2.43. The summed E-state index contributed by atoms with van der Waals surface area (Å²) in [5, 5.41) is 0. The normalized spacial score (nSPS) is 8.09. The fourth-order valence-electron chi connectivity index (χ4n) is 0.444. The van der Waals surface area contributed by atoms with Crippen LogP contribution in [0.1, 0.15) is 13.3 Å². The van der Waals surface area contributed by atoms with Crippen LogP contribution in [0.4, 0.5) is 0 Å². The van der Waals surface area contributed by atoms with Crippen molar-refractivity contribution in [3.63, 3.8) is 0 Å². The molecule has 0 unspecified atom stereocenters. The van der Waals surface area contributed by atoms with Gasteiger partial charge in [-0.25, -0.2) is 9.78 Å². The van der Waals surface area contributed by atoms with E-state index in [1.807, 2.05) is 0 Å². The van der Waals surface area contributed by atoms with E-state index in [2.05, 4.69) is 13.0 Å². The SMILES string of the molecule is O=C(OI)c1cnccn1.[Ca+2].[H-].[H-]. The number of carbonyl (C=O) groups is 1. The third kappa shape index (κ3) is 3.64. The summed E-state index contributed by atoms with van der Waals surface area (Å²) in [5.41, 5.74) is 0.219. The van der Waals surface area contributed by atoms with E-state index in [1.165, 1.54) is 41.6 Å². The number of nitrogens with zero attached hydrogens (tertiary/aromatic N) is 2. The number of halogens is 1. The van der Waals surface area contributed by atoms with Gasteiger partial charge in [-0.3, -0.25) is 4.98 Å². The molecular formula is C5H5CaIN2O2. The molecule has 6 heteroatoms. The molecule has 0 amide bonds. The Balaban J connectivity index is -0.000000333. The van der Waals surface area contributed by atoms with Gasteiger partial charge in [0.1, 0.15) is 0 Å². The molecule has 0 aliphatic carbocycles. The summed E-state index contributed by atoms with van der Waals surface area (Å²) in [5.74, 6) is -0.478. The van der Waals surface area contributed by atoms with Gasteiger partial charge in [-0.05, 0) is 0 Å². The Morgan fingerprint density at radius 3 is 2.82 bits per heavy atom. The first-order chi connectivity index (χ1) is 4.84. The second kappa shape index (κ2) is 6.10. The number of rotatable bonds is 1. The monoisotopic (exact) mass is 292 g/mol. The van der Waals surface area contributed by atoms with E-state index in [9.17, 15) is 4.79 Å². The van der Waals surface area contributed by atoms with Crippen molar-refractivity contribution in [3.8, 4) is 0 Å². The molecule has 0 spiro atoms. The second-order valence-corrected chi connectivity index (χ2v) is 1.90. The van der Waals surface area contributed by atoms with Crippen molar-refractivity contribution in [1.82, 2.24) is 9.97 Å². The van der Waals surface area contributed by atoms with Crippen molar-refractivity contribution in [1.29, 1.82) is 0 Å². The summed E-state index contributed by atoms with van der Waals surface area (Å²) < 4.78 is 4.36. The number of hydrogen-bond donors (Lipinski definition) is 0. The van der Waals surface area contributed by atoms with Gasteiger partial charge in [0.25, 0.3) is 0 Å². The molecule has 0 saturated carbocycles. The third-order valence-corrected chi connectivity index (χ3v) is 1.24. The fraction of sp³-hybridized carbons (Fsp3) is 0. The smallest absolute Gasteiger partial charge is 1.00 e. The zero-order valence-corrected chi connectivity index (χ0v) is 9.89. The largest absolute Gasteiger partial charge is 2.00 e. The van der Waals surface area contributed by atoms with Gasteiger partial charge in [0.2, 0.25) is 0 Å². The maximum Gasteiger partial charge on any atom is 2.00 e. The molecule has 0 N–H and O–H groups in total. The third-order valence-electron chi connectivity index (χ3n) is 0.842. The minimum atomic E-state index is -0.478. The maximum absolute atomic E-state index is 10.7. The van der Waals surface area contributed by atoms with Crippen LogP contribution in [-0.4, -0.2) is 53.7 Å². The summed E-state index contributed by atoms with van der Waals surface area (Å²) in [6, 6.07) is 0. The van der Waals surface area contributed by atoms with Crippen molar-refractivity contribution in [2.24, 2.45) is 0 Å². The molecule has 0 aromatic carbocycles. The van der Waals surface area contributed by atoms with Gasteiger partial charge in [-0.1, -0.05) is 0 Å². The standard InChI is InChI=1S/C5H3IN2O2.Ca.2H/c6-10-5(9)4-3-7-1-2-8-4;;;/h1-3H;;;/q;+2;2*-1. The van der Waals surface area contributed by atoms with E-state index in [-0.39, 0.29) is 46.3 Å². The van der Waals surface area contributed by atoms with E-state index in [0.29, 0.717) is 0 Å². The number of carbonyl (C=O) groups excluding carboxylic acids is 1. The fourth-order valence-corrected chi connectivity index (χ4v) is 0.670. The Kier molecular flexibility index (Phi) is 6.40. The summed E-state index contributed by atoms with van der Waals surface area (Å²) in [6.45, 7) is 0. The average molecular weight is 292 g/mol. The van der Waals surface area contributed by atoms with Gasteiger partial charge >= 0.3 is 43.7 Å². The predicted octanol–water partition coefficient (Wildman–Crippen LogP) is 0.828. The average Bonchev–Trinajstić information content (AvgIpc) is 2.05. The molecule has 1 heterocycles. The molecule has 4 nitrogen and oxygen atoms in total. The van der Waals surface area contributed by atoms with Crippen molar-refractivity contribution in [2.45, 2.75) is 0 Å². The van der Waals surface area contributed by atoms with Crippen LogP contribution in [0.25, 0.3) is 0 Å². The van der Waals surface area contributed by atoms with Gasteiger partial charge in [0.05, 0.1) is 6.20 Å².